The number of benzene rings is 2. The summed E-state index contributed by atoms with van der Waals surface area (Å²) in [6.07, 6.45) is 0. The van der Waals surface area contributed by atoms with E-state index in [1.807, 2.05) is 4.72 Å². The van der Waals surface area contributed by atoms with Gasteiger partial charge in [-0.2, -0.15) is 0 Å². The van der Waals surface area contributed by atoms with Gasteiger partial charge in [-0.25, -0.2) is 22.0 Å². The van der Waals surface area contributed by atoms with E-state index in [0.717, 1.165) is 30.3 Å². The summed E-state index contributed by atoms with van der Waals surface area (Å²) in [5, 5.41) is 8.97. The number of nitrogens with one attached hydrogen (secondary N) is 1. The van der Waals surface area contributed by atoms with Crippen molar-refractivity contribution in [2.45, 2.75) is 4.90 Å². The number of sulfonamides is 1. The van der Waals surface area contributed by atoms with E-state index < -0.39 is 38.2 Å². The maximum atomic E-state index is 13.5. The average Bonchev–Trinajstić information content (AvgIpc) is 2.43. The molecule has 0 aliphatic carbocycles. The standard InChI is InChI=1S/C13H8BrF2NO4S/c14-9-5-4-7(6-8(9)13(18)19)22(20,21)17-11-3-1-2-10(15)12(11)16/h1-6,17H,(H,18,19). The summed E-state index contributed by atoms with van der Waals surface area (Å²) in [4.78, 5) is 10.6. The normalized spacial score (nSPS) is 11.2. The van der Waals surface area contributed by atoms with Crippen LogP contribution in [0.25, 0.3) is 0 Å². The van der Waals surface area contributed by atoms with Crippen LogP contribution in [0.3, 0.4) is 0 Å². The molecule has 0 bridgehead atoms. The number of halogens is 3. The minimum Gasteiger partial charge on any atom is -0.478 e. The third kappa shape index (κ3) is 3.25. The van der Waals surface area contributed by atoms with E-state index in [9.17, 15) is 22.0 Å². The topological polar surface area (TPSA) is 83.5 Å². The Kier molecular flexibility index (Phi) is 4.47. The summed E-state index contributed by atoms with van der Waals surface area (Å²) in [7, 11) is -4.27. The van der Waals surface area contributed by atoms with E-state index in [-0.39, 0.29) is 10.0 Å². The van der Waals surface area contributed by atoms with Crippen molar-refractivity contribution in [2.24, 2.45) is 0 Å². The number of carboxylic acid groups (broad SMARTS) is 1. The van der Waals surface area contributed by atoms with Crippen LogP contribution >= 0.6 is 15.9 Å². The van der Waals surface area contributed by atoms with Crippen molar-refractivity contribution in [1.29, 1.82) is 0 Å². The maximum absolute atomic E-state index is 13.5. The number of hydrogen-bond acceptors (Lipinski definition) is 3. The lowest BCUT2D eigenvalue weighted by atomic mass is 10.2. The van der Waals surface area contributed by atoms with E-state index in [4.69, 9.17) is 5.11 Å². The summed E-state index contributed by atoms with van der Waals surface area (Å²) < 4.78 is 53.0. The second-order valence-electron chi connectivity index (χ2n) is 4.15. The van der Waals surface area contributed by atoms with Gasteiger partial charge in [0.25, 0.3) is 10.0 Å². The van der Waals surface area contributed by atoms with Crippen molar-refractivity contribution in [3.8, 4) is 0 Å². The molecule has 9 heteroatoms. The van der Waals surface area contributed by atoms with Gasteiger partial charge in [-0.1, -0.05) is 6.07 Å². The minimum absolute atomic E-state index is 0.191. The lowest BCUT2D eigenvalue weighted by molar-refractivity contribution is 0.0695. The highest BCUT2D eigenvalue weighted by Gasteiger charge is 2.20. The smallest absolute Gasteiger partial charge is 0.336 e. The molecule has 2 aromatic rings. The molecule has 2 N–H and O–H groups in total. The minimum atomic E-state index is -4.27. The molecule has 5 nitrogen and oxygen atoms in total. The van der Waals surface area contributed by atoms with Crippen LogP contribution in [-0.2, 0) is 10.0 Å². The molecule has 0 atom stereocenters. The van der Waals surface area contributed by atoms with Gasteiger partial charge < -0.3 is 5.11 Å². The van der Waals surface area contributed by atoms with Gasteiger partial charge in [0.15, 0.2) is 11.6 Å². The van der Waals surface area contributed by atoms with E-state index >= 15 is 0 Å². The number of rotatable bonds is 4. The monoisotopic (exact) mass is 391 g/mol. The summed E-state index contributed by atoms with van der Waals surface area (Å²) in [5.41, 5.74) is -0.845. The number of hydrogen-bond donors (Lipinski definition) is 2. The second-order valence-corrected chi connectivity index (χ2v) is 6.69. The Morgan fingerprint density at radius 2 is 1.86 bits per heavy atom. The Bertz CT molecular complexity index is 855. The summed E-state index contributed by atoms with van der Waals surface area (Å²) in [6, 6.07) is 6.31. The van der Waals surface area contributed by atoms with E-state index in [1.54, 1.807) is 0 Å². The van der Waals surface area contributed by atoms with Gasteiger partial charge in [0.2, 0.25) is 0 Å². The molecule has 0 fully saturated rings. The summed E-state index contributed by atoms with van der Waals surface area (Å²) >= 11 is 2.98. The van der Waals surface area contributed by atoms with Crippen LogP contribution < -0.4 is 4.72 Å². The molecule has 0 aliphatic rings. The third-order valence-corrected chi connectivity index (χ3v) is 4.73. The first kappa shape index (κ1) is 16.4. The highest BCUT2D eigenvalue weighted by atomic mass is 79.9. The van der Waals surface area contributed by atoms with Crippen molar-refractivity contribution in [3.05, 3.63) is 58.1 Å². The fraction of sp³-hybridized carbons (Fsp3) is 0. The van der Waals surface area contributed by atoms with Gasteiger partial charge in [-0.3, -0.25) is 4.72 Å². The number of carbonyl (C=O) groups is 1. The molecule has 22 heavy (non-hydrogen) atoms. The Labute approximate surface area is 132 Å². The fourth-order valence-corrected chi connectivity index (χ4v) is 3.12. The molecule has 0 amide bonds. The fourth-order valence-electron chi connectivity index (χ4n) is 1.62. The molecule has 0 saturated heterocycles. The molecule has 0 aromatic heterocycles. The molecule has 0 spiro atoms. The van der Waals surface area contributed by atoms with Crippen molar-refractivity contribution in [1.82, 2.24) is 0 Å². The van der Waals surface area contributed by atoms with Crippen LogP contribution in [0.4, 0.5) is 14.5 Å². The van der Waals surface area contributed by atoms with Gasteiger partial charge in [-0.05, 0) is 46.3 Å². The molecule has 0 radical (unpaired) electrons. The van der Waals surface area contributed by atoms with Crippen molar-refractivity contribution >= 4 is 37.6 Å². The van der Waals surface area contributed by atoms with Crippen molar-refractivity contribution < 1.29 is 27.1 Å². The first-order valence-electron chi connectivity index (χ1n) is 5.72. The molecular weight excluding hydrogens is 384 g/mol. The Hall–Kier alpha value is -2.00. The molecule has 0 aliphatic heterocycles. The lowest BCUT2D eigenvalue weighted by Gasteiger charge is -2.10. The van der Waals surface area contributed by atoms with Gasteiger partial charge in [0.1, 0.15) is 0 Å². The second kappa shape index (κ2) is 6.01. The molecule has 0 saturated carbocycles. The van der Waals surface area contributed by atoms with Gasteiger partial charge in [0.05, 0.1) is 16.1 Å². The van der Waals surface area contributed by atoms with Crippen LogP contribution in [0, 0.1) is 11.6 Å². The third-order valence-electron chi connectivity index (χ3n) is 2.67. The van der Waals surface area contributed by atoms with Gasteiger partial charge >= 0.3 is 5.97 Å². The summed E-state index contributed by atoms with van der Waals surface area (Å²) in [6.45, 7) is 0. The number of carboxylic acids is 1. The predicted octanol–water partition coefficient (Wildman–Crippen LogP) is 3.23. The SMILES string of the molecule is O=C(O)c1cc(S(=O)(=O)Nc2cccc(F)c2F)ccc1Br. The van der Waals surface area contributed by atoms with Crippen LogP contribution in [0.15, 0.2) is 45.8 Å². The quantitative estimate of drug-likeness (QED) is 0.837. The maximum Gasteiger partial charge on any atom is 0.336 e. The highest BCUT2D eigenvalue weighted by molar-refractivity contribution is 9.10. The van der Waals surface area contributed by atoms with Gasteiger partial charge in [0, 0.05) is 4.47 Å². The predicted molar refractivity (Wildman–Crippen MR) is 78.3 cm³/mol. The van der Waals surface area contributed by atoms with E-state index in [0.29, 0.717) is 0 Å². The van der Waals surface area contributed by atoms with E-state index in [1.165, 1.54) is 6.07 Å². The van der Waals surface area contributed by atoms with Crippen LogP contribution in [0.5, 0.6) is 0 Å². The zero-order valence-corrected chi connectivity index (χ0v) is 13.1. The first-order chi connectivity index (χ1) is 10.2. The molecule has 2 aromatic carbocycles. The molecule has 2 rings (SSSR count). The van der Waals surface area contributed by atoms with Crippen molar-refractivity contribution in [2.75, 3.05) is 4.72 Å². The Morgan fingerprint density at radius 1 is 1.18 bits per heavy atom. The Morgan fingerprint density at radius 3 is 2.50 bits per heavy atom. The highest BCUT2D eigenvalue weighted by Crippen LogP contribution is 2.24. The van der Waals surface area contributed by atoms with E-state index in [2.05, 4.69) is 15.9 Å². The Balaban J connectivity index is 2.45. The van der Waals surface area contributed by atoms with Crippen LogP contribution in [0.2, 0.25) is 0 Å². The summed E-state index contributed by atoms with van der Waals surface area (Å²) in [5.74, 6) is -3.88. The molecular formula is C13H8BrF2NO4S. The zero-order chi connectivity index (χ0) is 16.5. The molecule has 116 valence electrons. The van der Waals surface area contributed by atoms with Gasteiger partial charge in [-0.15, -0.1) is 0 Å². The number of anilines is 1. The average molecular weight is 392 g/mol. The lowest BCUT2D eigenvalue weighted by Crippen LogP contribution is -2.15. The van der Waals surface area contributed by atoms with Crippen molar-refractivity contribution in [3.63, 3.8) is 0 Å². The molecule has 0 unspecified atom stereocenters. The largest absolute Gasteiger partial charge is 0.478 e. The first-order valence-corrected chi connectivity index (χ1v) is 7.99. The number of aromatic carboxylic acids is 1. The molecule has 0 heterocycles. The zero-order valence-electron chi connectivity index (χ0n) is 10.7. The van der Waals surface area contributed by atoms with Crippen LogP contribution in [-0.4, -0.2) is 19.5 Å². The van der Waals surface area contributed by atoms with Crippen LogP contribution in [0.1, 0.15) is 10.4 Å².